The van der Waals surface area contributed by atoms with E-state index >= 15 is 0 Å². The van der Waals surface area contributed by atoms with Crippen molar-refractivity contribution in [2.45, 2.75) is 31.7 Å². The molecule has 2 bridgehead atoms. The van der Waals surface area contributed by atoms with E-state index in [-0.39, 0.29) is 0 Å². The van der Waals surface area contributed by atoms with Crippen molar-refractivity contribution in [3.63, 3.8) is 0 Å². The topological polar surface area (TPSA) is 12.0 Å². The Balaban J connectivity index is 1.95. The molecule has 1 aliphatic carbocycles. The van der Waals surface area contributed by atoms with Crippen LogP contribution in [0.25, 0.3) is 0 Å². The third kappa shape index (κ3) is 0.655. The minimum absolute atomic E-state index is 0.919. The molecule has 0 unspecified atom stereocenters. The van der Waals surface area contributed by atoms with Crippen LogP contribution in [0.1, 0.15) is 25.7 Å². The van der Waals surface area contributed by atoms with Gasteiger partial charge in [0.1, 0.15) is 0 Å². The van der Waals surface area contributed by atoms with Crippen molar-refractivity contribution in [2.75, 3.05) is 6.54 Å². The van der Waals surface area contributed by atoms with Gasteiger partial charge in [-0.15, -0.1) is 0 Å². The van der Waals surface area contributed by atoms with Crippen molar-refractivity contribution in [3.05, 3.63) is 0 Å². The zero-order chi connectivity index (χ0) is 5.40. The molecule has 1 saturated carbocycles. The van der Waals surface area contributed by atoms with Crippen LogP contribution >= 0.6 is 0 Å². The Morgan fingerprint density at radius 2 is 2.12 bits per heavy atom. The molecule has 0 amide bonds. The van der Waals surface area contributed by atoms with Crippen LogP contribution in [0.5, 0.6) is 0 Å². The molecule has 1 nitrogen and oxygen atoms in total. The number of hydrogen-bond donors (Lipinski definition) is 1. The van der Waals surface area contributed by atoms with Gasteiger partial charge in [0.15, 0.2) is 0 Å². The quantitative estimate of drug-likeness (QED) is 0.494. The van der Waals surface area contributed by atoms with Gasteiger partial charge >= 0.3 is 0 Å². The Morgan fingerprint density at radius 3 is 3.00 bits per heavy atom. The van der Waals surface area contributed by atoms with E-state index in [0.29, 0.717) is 0 Å². The Bertz CT molecular complexity index is 68.9. The molecule has 3 rings (SSSR count). The highest BCUT2D eigenvalue weighted by molar-refractivity contribution is 4.87. The van der Waals surface area contributed by atoms with Gasteiger partial charge in [0.2, 0.25) is 0 Å². The van der Waals surface area contributed by atoms with Gasteiger partial charge in [0, 0.05) is 6.04 Å². The number of fused-ring (bicyclic) bond motifs is 3. The maximum absolute atomic E-state index is 3.51. The largest absolute Gasteiger partial charge is 0.314 e. The van der Waals surface area contributed by atoms with Crippen LogP contribution in [0.2, 0.25) is 0 Å². The van der Waals surface area contributed by atoms with Gasteiger partial charge in [-0.05, 0) is 38.1 Å². The van der Waals surface area contributed by atoms with Gasteiger partial charge in [-0.3, -0.25) is 0 Å². The smallest absolute Gasteiger partial charge is 0.00723 e. The molecule has 3 fully saturated rings. The van der Waals surface area contributed by atoms with Crippen LogP contribution in [0, 0.1) is 5.92 Å². The van der Waals surface area contributed by atoms with Crippen LogP contribution in [-0.4, -0.2) is 12.6 Å². The van der Waals surface area contributed by atoms with Crippen LogP contribution in [0.4, 0.5) is 0 Å². The Kier molecular flexibility index (Phi) is 1.04. The van der Waals surface area contributed by atoms with E-state index in [9.17, 15) is 0 Å². The number of hydrogen-bond acceptors (Lipinski definition) is 1. The summed E-state index contributed by atoms with van der Waals surface area (Å²) in [5, 5.41) is 3.51. The van der Waals surface area contributed by atoms with E-state index in [2.05, 4.69) is 5.32 Å². The van der Waals surface area contributed by atoms with Crippen molar-refractivity contribution >= 4 is 0 Å². The maximum Gasteiger partial charge on any atom is 0.00723 e. The summed E-state index contributed by atoms with van der Waals surface area (Å²) in [4.78, 5) is 0. The lowest BCUT2D eigenvalue weighted by Crippen LogP contribution is -2.37. The zero-order valence-corrected chi connectivity index (χ0v) is 5.19. The minimum Gasteiger partial charge on any atom is -0.314 e. The highest BCUT2D eigenvalue weighted by Gasteiger charge is 2.30. The molecule has 0 spiro atoms. The van der Waals surface area contributed by atoms with Gasteiger partial charge < -0.3 is 5.32 Å². The van der Waals surface area contributed by atoms with E-state index in [0.717, 1.165) is 12.0 Å². The van der Waals surface area contributed by atoms with Gasteiger partial charge in [0.25, 0.3) is 0 Å². The highest BCUT2D eigenvalue weighted by atomic mass is 14.9. The van der Waals surface area contributed by atoms with E-state index < -0.39 is 0 Å². The van der Waals surface area contributed by atoms with E-state index in [1.54, 1.807) is 0 Å². The predicted molar refractivity (Wildman–Crippen MR) is 33.7 cm³/mol. The molecule has 3 aliphatic rings. The van der Waals surface area contributed by atoms with E-state index in [1.165, 1.54) is 32.2 Å². The van der Waals surface area contributed by atoms with E-state index in [1.807, 2.05) is 0 Å². The van der Waals surface area contributed by atoms with Crippen molar-refractivity contribution < 1.29 is 0 Å². The van der Waals surface area contributed by atoms with Gasteiger partial charge in [0.05, 0.1) is 0 Å². The fraction of sp³-hybridized carbons (Fsp3) is 1.00. The van der Waals surface area contributed by atoms with Crippen molar-refractivity contribution in [2.24, 2.45) is 5.92 Å². The second-order valence-corrected chi connectivity index (χ2v) is 3.13. The highest BCUT2D eigenvalue weighted by Crippen LogP contribution is 2.33. The van der Waals surface area contributed by atoms with Gasteiger partial charge in [-0.2, -0.15) is 0 Å². The molecule has 2 aliphatic heterocycles. The van der Waals surface area contributed by atoms with Crippen LogP contribution in [0.3, 0.4) is 0 Å². The molecular formula is C7H13N. The fourth-order valence-electron chi connectivity index (χ4n) is 1.83. The first-order valence-corrected chi connectivity index (χ1v) is 3.68. The first-order chi connectivity index (χ1) is 3.95. The summed E-state index contributed by atoms with van der Waals surface area (Å²) >= 11 is 0. The van der Waals surface area contributed by atoms with Crippen LogP contribution < -0.4 is 5.32 Å². The first kappa shape index (κ1) is 4.80. The van der Waals surface area contributed by atoms with Crippen LogP contribution in [-0.2, 0) is 0 Å². The van der Waals surface area contributed by atoms with Crippen LogP contribution in [0.15, 0.2) is 0 Å². The number of nitrogens with one attached hydrogen (secondary N) is 1. The summed E-state index contributed by atoms with van der Waals surface area (Å²) < 4.78 is 0. The lowest BCUT2D eigenvalue weighted by molar-refractivity contribution is 0.246. The third-order valence-electron chi connectivity index (χ3n) is 2.46. The Morgan fingerprint density at radius 1 is 1.25 bits per heavy atom. The molecule has 8 heavy (non-hydrogen) atoms. The standard InChI is InChI=1S/C7H13N/c1-2-6-4-7(5-6)8-3-1/h6-8H,1-5H2. The summed E-state index contributed by atoms with van der Waals surface area (Å²) in [5.41, 5.74) is 0. The van der Waals surface area contributed by atoms with E-state index in [4.69, 9.17) is 0 Å². The van der Waals surface area contributed by atoms with Crippen molar-refractivity contribution in [3.8, 4) is 0 Å². The summed E-state index contributed by atoms with van der Waals surface area (Å²) in [6, 6.07) is 0.919. The fourth-order valence-corrected chi connectivity index (χ4v) is 1.83. The lowest BCUT2D eigenvalue weighted by atomic mass is 9.79. The molecule has 2 saturated heterocycles. The van der Waals surface area contributed by atoms with Gasteiger partial charge in [-0.25, -0.2) is 0 Å². The molecule has 46 valence electrons. The first-order valence-electron chi connectivity index (χ1n) is 3.68. The molecule has 0 radical (unpaired) electrons. The Labute approximate surface area is 50.5 Å². The maximum atomic E-state index is 3.51. The minimum atomic E-state index is 0.919. The molecule has 2 heterocycles. The summed E-state index contributed by atoms with van der Waals surface area (Å²) in [5.74, 6) is 1.11. The third-order valence-corrected chi connectivity index (χ3v) is 2.46. The SMILES string of the molecule is C1CNC2CC(C1)C2. The summed E-state index contributed by atoms with van der Waals surface area (Å²) in [6.45, 7) is 1.28. The zero-order valence-electron chi connectivity index (χ0n) is 5.19. The molecule has 0 aromatic heterocycles. The molecule has 0 aromatic rings. The van der Waals surface area contributed by atoms with Crippen molar-refractivity contribution in [1.29, 1.82) is 0 Å². The predicted octanol–water partition coefficient (Wildman–Crippen LogP) is 1.15. The molecule has 0 aromatic carbocycles. The second-order valence-electron chi connectivity index (χ2n) is 3.13. The molecule has 1 N–H and O–H groups in total. The van der Waals surface area contributed by atoms with Gasteiger partial charge in [-0.1, -0.05) is 0 Å². The van der Waals surface area contributed by atoms with Crippen molar-refractivity contribution in [1.82, 2.24) is 5.32 Å². The normalized spacial score (nSPS) is 45.0. The second kappa shape index (κ2) is 1.73. The molecule has 0 atom stereocenters. The summed E-state index contributed by atoms with van der Waals surface area (Å²) in [7, 11) is 0. The average Bonchev–Trinajstić information content (AvgIpc) is 1.89. The monoisotopic (exact) mass is 111 g/mol. The number of rotatable bonds is 0. The lowest BCUT2D eigenvalue weighted by Gasteiger charge is -2.32. The Hall–Kier alpha value is -0.0400. The molecule has 1 heteroatoms. The molecular weight excluding hydrogens is 98.1 g/mol. The summed E-state index contributed by atoms with van der Waals surface area (Å²) in [6.07, 6.45) is 5.85. The average molecular weight is 111 g/mol.